The molecule has 140 valence electrons. The van der Waals surface area contributed by atoms with Gasteiger partial charge in [0.05, 0.1) is 6.54 Å². The summed E-state index contributed by atoms with van der Waals surface area (Å²) in [5.74, 6) is 1.64. The number of hydrogen-bond donors (Lipinski definition) is 3. The van der Waals surface area contributed by atoms with Crippen LogP contribution in [0.4, 0.5) is 10.5 Å². The Labute approximate surface area is 154 Å². The highest BCUT2D eigenvalue weighted by Crippen LogP contribution is 2.49. The van der Waals surface area contributed by atoms with Gasteiger partial charge in [0.15, 0.2) is 5.78 Å². The fourth-order valence-corrected chi connectivity index (χ4v) is 4.46. The number of urea groups is 1. The summed E-state index contributed by atoms with van der Waals surface area (Å²) in [5.41, 5.74) is 1.25. The molecular weight excluding hydrogens is 330 g/mol. The van der Waals surface area contributed by atoms with Crippen molar-refractivity contribution in [2.24, 2.45) is 17.8 Å². The van der Waals surface area contributed by atoms with Crippen LogP contribution >= 0.6 is 0 Å². The Morgan fingerprint density at radius 1 is 1.19 bits per heavy atom. The molecule has 2 aliphatic carbocycles. The van der Waals surface area contributed by atoms with Gasteiger partial charge in [0.25, 0.3) is 0 Å². The van der Waals surface area contributed by atoms with Gasteiger partial charge in [-0.1, -0.05) is 18.6 Å². The summed E-state index contributed by atoms with van der Waals surface area (Å²) in [6.45, 7) is 3.49. The number of anilines is 1. The zero-order valence-electron chi connectivity index (χ0n) is 15.4. The maximum atomic E-state index is 12.1. The number of amides is 3. The number of imide groups is 1. The molecule has 0 saturated heterocycles. The molecule has 4 atom stereocenters. The molecule has 0 aromatic heterocycles. The van der Waals surface area contributed by atoms with E-state index in [1.807, 2.05) is 6.92 Å². The number of ketones is 1. The van der Waals surface area contributed by atoms with Crippen LogP contribution in [0.2, 0.25) is 0 Å². The molecule has 2 saturated carbocycles. The molecule has 6 heteroatoms. The van der Waals surface area contributed by atoms with Gasteiger partial charge in [-0.25, -0.2) is 4.79 Å². The number of nitrogens with one attached hydrogen (secondary N) is 3. The summed E-state index contributed by atoms with van der Waals surface area (Å²) in [6.07, 6.45) is 5.08. The Balaban J connectivity index is 1.42. The van der Waals surface area contributed by atoms with E-state index in [0.717, 1.165) is 11.8 Å². The lowest BCUT2D eigenvalue weighted by atomic mass is 9.84. The molecule has 0 radical (unpaired) electrons. The van der Waals surface area contributed by atoms with Gasteiger partial charge in [-0.05, 0) is 63.0 Å². The number of carbonyl (C=O) groups is 3. The van der Waals surface area contributed by atoms with Gasteiger partial charge in [-0.2, -0.15) is 0 Å². The van der Waals surface area contributed by atoms with Gasteiger partial charge in [0, 0.05) is 17.3 Å². The van der Waals surface area contributed by atoms with E-state index in [4.69, 9.17) is 0 Å². The summed E-state index contributed by atoms with van der Waals surface area (Å²) >= 11 is 0. The lowest BCUT2D eigenvalue weighted by Gasteiger charge is -2.28. The smallest absolute Gasteiger partial charge is 0.321 e. The molecule has 0 spiro atoms. The highest BCUT2D eigenvalue weighted by atomic mass is 16.2. The minimum absolute atomic E-state index is 0.0305. The molecule has 3 N–H and O–H groups in total. The number of rotatable bonds is 6. The minimum atomic E-state index is -0.440. The van der Waals surface area contributed by atoms with Crippen LogP contribution in [0.25, 0.3) is 0 Å². The number of carbonyl (C=O) groups excluding carboxylic acids is 3. The third kappa shape index (κ3) is 4.42. The van der Waals surface area contributed by atoms with Crippen LogP contribution in [0, 0.1) is 17.8 Å². The highest BCUT2D eigenvalue weighted by Gasteiger charge is 2.42. The summed E-state index contributed by atoms with van der Waals surface area (Å²) in [7, 11) is 0. The van der Waals surface area contributed by atoms with Crippen molar-refractivity contribution in [2.45, 2.75) is 45.6 Å². The van der Waals surface area contributed by atoms with Crippen molar-refractivity contribution in [3.8, 4) is 0 Å². The van der Waals surface area contributed by atoms with Crippen LogP contribution in [0.3, 0.4) is 0 Å². The summed E-state index contributed by atoms with van der Waals surface area (Å²) in [6, 6.07) is 6.57. The summed E-state index contributed by atoms with van der Waals surface area (Å²) in [5, 5.41) is 8.22. The first-order valence-electron chi connectivity index (χ1n) is 9.37. The molecule has 0 unspecified atom stereocenters. The molecule has 3 rings (SSSR count). The van der Waals surface area contributed by atoms with E-state index in [1.54, 1.807) is 24.3 Å². The number of Topliss-reactive ketones (excluding diaryl/α,β-unsaturated/α-hetero) is 1. The van der Waals surface area contributed by atoms with Crippen LogP contribution in [0.15, 0.2) is 24.3 Å². The van der Waals surface area contributed by atoms with Crippen LogP contribution < -0.4 is 16.0 Å². The van der Waals surface area contributed by atoms with E-state index in [1.165, 1.54) is 32.6 Å². The Hall–Kier alpha value is -2.37. The first kappa shape index (κ1) is 18.4. The van der Waals surface area contributed by atoms with Crippen molar-refractivity contribution in [3.63, 3.8) is 0 Å². The lowest BCUT2D eigenvalue weighted by Crippen LogP contribution is -2.48. The van der Waals surface area contributed by atoms with E-state index in [0.29, 0.717) is 17.2 Å². The first-order chi connectivity index (χ1) is 12.4. The number of hydrogen-bond acceptors (Lipinski definition) is 4. The van der Waals surface area contributed by atoms with Gasteiger partial charge in [-0.15, -0.1) is 0 Å². The Morgan fingerprint density at radius 3 is 2.65 bits per heavy atom. The van der Waals surface area contributed by atoms with Gasteiger partial charge in [0.1, 0.15) is 0 Å². The van der Waals surface area contributed by atoms with E-state index >= 15 is 0 Å². The molecular formula is C20H27N3O3. The molecule has 0 aliphatic heterocycles. The fourth-order valence-electron chi connectivity index (χ4n) is 4.46. The minimum Gasteiger partial charge on any atom is -0.376 e. The molecule has 0 heterocycles. The van der Waals surface area contributed by atoms with E-state index in [-0.39, 0.29) is 18.4 Å². The van der Waals surface area contributed by atoms with Gasteiger partial charge < -0.3 is 10.6 Å². The van der Waals surface area contributed by atoms with E-state index in [9.17, 15) is 14.4 Å². The maximum Gasteiger partial charge on any atom is 0.321 e. The second-order valence-electron chi connectivity index (χ2n) is 7.64. The zero-order chi connectivity index (χ0) is 18.7. The summed E-state index contributed by atoms with van der Waals surface area (Å²) in [4.78, 5) is 35.4. The summed E-state index contributed by atoms with van der Waals surface area (Å²) < 4.78 is 0. The standard InChI is InChI=1S/C20H27N3O3/c1-12(18-9-14-6-7-16(18)8-14)22-20(26)23-19(25)11-21-17-5-3-4-15(10-17)13(2)24/h3-5,10,12,14,16,18,21H,6-9,11H2,1-2H3,(H2,22,23,25,26)/t12-,14+,16+,18+/m1/s1. The average Bonchev–Trinajstić information content (AvgIpc) is 3.23. The Kier molecular flexibility index (Phi) is 5.59. The second kappa shape index (κ2) is 7.89. The monoisotopic (exact) mass is 357 g/mol. The topological polar surface area (TPSA) is 87.3 Å². The average molecular weight is 357 g/mol. The second-order valence-corrected chi connectivity index (χ2v) is 7.64. The van der Waals surface area contributed by atoms with Crippen molar-refractivity contribution < 1.29 is 14.4 Å². The van der Waals surface area contributed by atoms with Gasteiger partial charge in [0.2, 0.25) is 5.91 Å². The van der Waals surface area contributed by atoms with Gasteiger partial charge in [-0.3, -0.25) is 14.9 Å². The normalized spacial score (nSPS) is 24.8. The van der Waals surface area contributed by atoms with Crippen LogP contribution in [0.5, 0.6) is 0 Å². The number of benzene rings is 1. The molecule has 2 bridgehead atoms. The van der Waals surface area contributed by atoms with Crippen molar-refractivity contribution >= 4 is 23.4 Å². The quantitative estimate of drug-likeness (QED) is 0.683. The van der Waals surface area contributed by atoms with Crippen LogP contribution in [-0.2, 0) is 4.79 Å². The van der Waals surface area contributed by atoms with Gasteiger partial charge >= 0.3 is 6.03 Å². The molecule has 6 nitrogen and oxygen atoms in total. The van der Waals surface area contributed by atoms with Crippen molar-refractivity contribution in [1.82, 2.24) is 10.6 Å². The molecule has 1 aromatic rings. The first-order valence-corrected chi connectivity index (χ1v) is 9.37. The predicted octanol–water partition coefficient (Wildman–Crippen LogP) is 2.95. The predicted molar refractivity (Wildman–Crippen MR) is 100 cm³/mol. The molecule has 26 heavy (non-hydrogen) atoms. The Bertz CT molecular complexity index is 703. The molecule has 1 aromatic carbocycles. The van der Waals surface area contributed by atoms with Crippen molar-refractivity contribution in [2.75, 3.05) is 11.9 Å². The van der Waals surface area contributed by atoms with E-state index in [2.05, 4.69) is 16.0 Å². The van der Waals surface area contributed by atoms with Crippen LogP contribution in [-0.4, -0.2) is 30.3 Å². The van der Waals surface area contributed by atoms with Crippen molar-refractivity contribution in [1.29, 1.82) is 0 Å². The third-order valence-electron chi connectivity index (χ3n) is 5.77. The fraction of sp³-hybridized carbons (Fsp3) is 0.550. The SMILES string of the molecule is CC(=O)c1cccc(NCC(=O)NC(=O)N[C@H](C)[C@@H]2C[C@H]3CC[C@H]2C3)c1. The zero-order valence-corrected chi connectivity index (χ0v) is 15.4. The Morgan fingerprint density at radius 2 is 2.00 bits per heavy atom. The molecule has 2 aliphatic rings. The highest BCUT2D eigenvalue weighted by molar-refractivity contribution is 5.97. The van der Waals surface area contributed by atoms with E-state index < -0.39 is 11.9 Å². The van der Waals surface area contributed by atoms with Crippen LogP contribution in [0.1, 0.15) is 49.9 Å². The van der Waals surface area contributed by atoms with Crippen molar-refractivity contribution in [3.05, 3.63) is 29.8 Å². The third-order valence-corrected chi connectivity index (χ3v) is 5.77. The lowest BCUT2D eigenvalue weighted by molar-refractivity contribution is -0.118. The molecule has 2 fully saturated rings. The maximum absolute atomic E-state index is 12.1. The molecule has 3 amide bonds. The largest absolute Gasteiger partial charge is 0.376 e. The number of fused-ring (bicyclic) bond motifs is 2.